The van der Waals surface area contributed by atoms with Crippen LogP contribution in [0.4, 0.5) is 0 Å². The predicted octanol–water partition coefficient (Wildman–Crippen LogP) is 3.66. The fourth-order valence-corrected chi connectivity index (χ4v) is 2.21. The zero-order valence-electron chi connectivity index (χ0n) is 10.6. The van der Waals surface area contributed by atoms with Gasteiger partial charge in [0.25, 0.3) is 0 Å². The topological polar surface area (TPSA) is 17.3 Å². The predicted molar refractivity (Wildman–Crippen MR) is 67.8 cm³/mol. The number of fused-ring (bicyclic) bond motifs is 1. The quantitative estimate of drug-likeness (QED) is 0.765. The summed E-state index contributed by atoms with van der Waals surface area (Å²) < 4.78 is 2.22. The number of hydrogen-bond donors (Lipinski definition) is 0. The Labute approximate surface area is 97.3 Å². The van der Waals surface area contributed by atoms with Crippen LogP contribution >= 0.6 is 0 Å². The summed E-state index contributed by atoms with van der Waals surface area (Å²) in [5, 5.41) is 0. The summed E-state index contributed by atoms with van der Waals surface area (Å²) in [4.78, 5) is 4.74. The van der Waals surface area contributed by atoms with Gasteiger partial charge < -0.3 is 4.40 Å². The first kappa shape index (κ1) is 11.2. The van der Waals surface area contributed by atoms with Gasteiger partial charge in [-0.25, -0.2) is 4.98 Å². The standard InChI is InChI=1S/C14H20N2/c1-10(2)9-12-14(11(3)4)16-8-6-5-7-13(16)15-12/h5-8,10-11H,9H2,1-4H3. The molecule has 2 nitrogen and oxygen atoms in total. The third kappa shape index (κ3) is 1.97. The molecule has 0 aliphatic rings. The van der Waals surface area contributed by atoms with Crippen molar-refractivity contribution < 1.29 is 0 Å². The molecule has 2 aromatic heterocycles. The van der Waals surface area contributed by atoms with Crippen molar-refractivity contribution in [1.29, 1.82) is 0 Å². The summed E-state index contributed by atoms with van der Waals surface area (Å²) in [7, 11) is 0. The first-order valence-corrected chi connectivity index (χ1v) is 6.05. The summed E-state index contributed by atoms with van der Waals surface area (Å²) >= 11 is 0. The molecule has 0 aromatic carbocycles. The molecule has 2 aromatic rings. The molecule has 0 aliphatic heterocycles. The Bertz CT molecular complexity index is 480. The van der Waals surface area contributed by atoms with Gasteiger partial charge in [0.2, 0.25) is 0 Å². The fraction of sp³-hybridized carbons (Fsp3) is 0.500. The number of aromatic nitrogens is 2. The van der Waals surface area contributed by atoms with Crippen LogP contribution in [0.5, 0.6) is 0 Å². The van der Waals surface area contributed by atoms with Crippen LogP contribution < -0.4 is 0 Å². The van der Waals surface area contributed by atoms with E-state index in [0.717, 1.165) is 12.1 Å². The van der Waals surface area contributed by atoms with Crippen LogP contribution in [-0.2, 0) is 6.42 Å². The summed E-state index contributed by atoms with van der Waals surface area (Å²) in [6.07, 6.45) is 3.18. The Kier molecular flexibility index (Phi) is 2.99. The highest BCUT2D eigenvalue weighted by Gasteiger charge is 2.15. The lowest BCUT2D eigenvalue weighted by Gasteiger charge is -2.09. The molecule has 0 saturated carbocycles. The summed E-state index contributed by atoms with van der Waals surface area (Å²) in [5.74, 6) is 1.17. The number of imidazole rings is 1. The van der Waals surface area contributed by atoms with Crippen molar-refractivity contribution in [3.63, 3.8) is 0 Å². The van der Waals surface area contributed by atoms with Crippen LogP contribution in [0.1, 0.15) is 45.0 Å². The zero-order valence-corrected chi connectivity index (χ0v) is 10.6. The molecule has 0 atom stereocenters. The van der Waals surface area contributed by atoms with Crippen molar-refractivity contribution in [2.45, 2.75) is 40.0 Å². The van der Waals surface area contributed by atoms with E-state index >= 15 is 0 Å². The van der Waals surface area contributed by atoms with Gasteiger partial charge in [0, 0.05) is 11.9 Å². The molecule has 0 N–H and O–H groups in total. The Morgan fingerprint density at radius 3 is 2.56 bits per heavy atom. The molecule has 0 spiro atoms. The van der Waals surface area contributed by atoms with Crippen molar-refractivity contribution in [1.82, 2.24) is 9.38 Å². The van der Waals surface area contributed by atoms with Crippen LogP contribution in [-0.4, -0.2) is 9.38 Å². The highest BCUT2D eigenvalue weighted by molar-refractivity contribution is 5.44. The van der Waals surface area contributed by atoms with E-state index in [0.29, 0.717) is 11.8 Å². The SMILES string of the molecule is CC(C)Cc1nc2ccccn2c1C(C)C. The second-order valence-electron chi connectivity index (χ2n) is 5.13. The zero-order chi connectivity index (χ0) is 11.7. The van der Waals surface area contributed by atoms with E-state index in [-0.39, 0.29) is 0 Å². The summed E-state index contributed by atoms with van der Waals surface area (Å²) in [6, 6.07) is 6.20. The van der Waals surface area contributed by atoms with Crippen molar-refractivity contribution in [3.05, 3.63) is 35.8 Å². The average Bonchev–Trinajstić information content (AvgIpc) is 2.53. The maximum absolute atomic E-state index is 4.74. The third-order valence-corrected chi connectivity index (χ3v) is 2.79. The second-order valence-corrected chi connectivity index (χ2v) is 5.13. The molecule has 86 valence electrons. The van der Waals surface area contributed by atoms with Gasteiger partial charge in [0.05, 0.1) is 5.69 Å². The molecule has 0 saturated heterocycles. The monoisotopic (exact) mass is 216 g/mol. The minimum atomic E-state index is 0.520. The molecule has 0 radical (unpaired) electrons. The Morgan fingerprint density at radius 2 is 1.94 bits per heavy atom. The Hall–Kier alpha value is -1.31. The molecular weight excluding hydrogens is 196 g/mol. The van der Waals surface area contributed by atoms with E-state index in [1.54, 1.807) is 0 Å². The average molecular weight is 216 g/mol. The van der Waals surface area contributed by atoms with Gasteiger partial charge in [0.1, 0.15) is 5.65 Å². The van der Waals surface area contributed by atoms with E-state index in [2.05, 4.69) is 50.4 Å². The van der Waals surface area contributed by atoms with Gasteiger partial charge in [-0.2, -0.15) is 0 Å². The summed E-state index contributed by atoms with van der Waals surface area (Å²) in [5.41, 5.74) is 3.70. The van der Waals surface area contributed by atoms with Crippen LogP contribution in [0, 0.1) is 5.92 Å². The smallest absolute Gasteiger partial charge is 0.137 e. The van der Waals surface area contributed by atoms with Crippen LogP contribution in [0.25, 0.3) is 5.65 Å². The summed E-state index contributed by atoms with van der Waals surface area (Å²) in [6.45, 7) is 8.96. The van der Waals surface area contributed by atoms with Crippen molar-refractivity contribution in [3.8, 4) is 0 Å². The molecule has 0 aliphatic carbocycles. The first-order valence-electron chi connectivity index (χ1n) is 6.05. The molecule has 0 bridgehead atoms. The van der Waals surface area contributed by atoms with E-state index in [1.807, 2.05) is 6.07 Å². The third-order valence-electron chi connectivity index (χ3n) is 2.79. The molecule has 2 heterocycles. The Balaban J connectivity index is 2.58. The lowest BCUT2D eigenvalue weighted by atomic mass is 10.0. The van der Waals surface area contributed by atoms with Crippen molar-refractivity contribution in [2.24, 2.45) is 5.92 Å². The van der Waals surface area contributed by atoms with Gasteiger partial charge in [-0.1, -0.05) is 33.8 Å². The van der Waals surface area contributed by atoms with Gasteiger partial charge in [-0.3, -0.25) is 0 Å². The lowest BCUT2D eigenvalue weighted by molar-refractivity contribution is 0.626. The van der Waals surface area contributed by atoms with Gasteiger partial charge in [-0.05, 0) is 30.4 Å². The number of hydrogen-bond acceptors (Lipinski definition) is 1. The van der Waals surface area contributed by atoms with E-state index in [4.69, 9.17) is 4.98 Å². The van der Waals surface area contributed by atoms with Gasteiger partial charge >= 0.3 is 0 Å². The highest BCUT2D eigenvalue weighted by atomic mass is 15.0. The number of pyridine rings is 1. The van der Waals surface area contributed by atoms with Gasteiger partial charge in [-0.15, -0.1) is 0 Å². The fourth-order valence-electron chi connectivity index (χ4n) is 2.21. The minimum absolute atomic E-state index is 0.520. The number of nitrogens with zero attached hydrogens (tertiary/aromatic N) is 2. The lowest BCUT2D eigenvalue weighted by Crippen LogP contribution is -2.02. The molecule has 2 heteroatoms. The maximum atomic E-state index is 4.74. The molecule has 2 rings (SSSR count). The Morgan fingerprint density at radius 1 is 1.19 bits per heavy atom. The van der Waals surface area contributed by atoms with Crippen LogP contribution in [0.3, 0.4) is 0 Å². The highest BCUT2D eigenvalue weighted by Crippen LogP contribution is 2.23. The van der Waals surface area contributed by atoms with Crippen molar-refractivity contribution in [2.75, 3.05) is 0 Å². The largest absolute Gasteiger partial charge is 0.304 e. The molecular formula is C14H20N2. The first-order chi connectivity index (χ1) is 7.59. The van der Waals surface area contributed by atoms with Gasteiger partial charge in [0.15, 0.2) is 0 Å². The molecule has 0 fully saturated rings. The molecule has 0 unspecified atom stereocenters. The van der Waals surface area contributed by atoms with E-state index < -0.39 is 0 Å². The normalized spacial score (nSPS) is 11.9. The minimum Gasteiger partial charge on any atom is -0.304 e. The molecule has 16 heavy (non-hydrogen) atoms. The van der Waals surface area contributed by atoms with Crippen LogP contribution in [0.15, 0.2) is 24.4 Å². The van der Waals surface area contributed by atoms with Crippen molar-refractivity contribution >= 4 is 5.65 Å². The van der Waals surface area contributed by atoms with E-state index in [9.17, 15) is 0 Å². The molecule has 0 amide bonds. The van der Waals surface area contributed by atoms with Crippen LogP contribution in [0.2, 0.25) is 0 Å². The van der Waals surface area contributed by atoms with E-state index in [1.165, 1.54) is 11.4 Å². The second kappa shape index (κ2) is 4.28. The maximum Gasteiger partial charge on any atom is 0.137 e. The number of rotatable bonds is 3.